The number of rotatable bonds is 7. The Bertz CT molecular complexity index is 1910. The minimum absolute atomic E-state index is 0.00932. The number of amides is 1. The lowest BCUT2D eigenvalue weighted by molar-refractivity contribution is -0.119. The van der Waals surface area contributed by atoms with Crippen LogP contribution < -0.4 is 21.4 Å². The highest BCUT2D eigenvalue weighted by molar-refractivity contribution is 5.85. The zero-order valence-electron chi connectivity index (χ0n) is 25.2. The first kappa shape index (κ1) is 29.1. The first-order valence-electron chi connectivity index (χ1n) is 15.2. The Labute approximate surface area is 265 Å². The van der Waals surface area contributed by atoms with Crippen molar-refractivity contribution in [2.75, 3.05) is 61.9 Å². The second-order valence-corrected chi connectivity index (χ2v) is 11.3. The fourth-order valence-corrected chi connectivity index (χ4v) is 5.82. The minimum Gasteiger partial charge on any atom is -0.383 e. The van der Waals surface area contributed by atoms with Gasteiger partial charge in [-0.05, 0) is 48.4 Å². The van der Waals surface area contributed by atoms with E-state index in [4.69, 9.17) is 21.0 Å². The normalized spacial score (nSPS) is 16.2. The standard InChI is InChI=1S/C32H33N13O/c33-19-27-35-13-10-26(39-27)41-44-17-15-42(16-18-44)20-22-4-6-23(7-5-22)45-31(24-3-1-11-37-30(24)34)38-25-8-9-28(40-32(25)45)43-14-2-12-36-29(46)21-43/h1,3-11,13H,2,12,14-18,20-21H2,(H2,34,37)(H,36,46)(H,35,39,41). The molecule has 1 aromatic carbocycles. The average molecular weight is 616 g/mol. The number of fused-ring (bicyclic) bond motifs is 1. The molecular formula is C32H33N13O. The van der Waals surface area contributed by atoms with Gasteiger partial charge in [0, 0.05) is 70.0 Å². The van der Waals surface area contributed by atoms with E-state index >= 15 is 0 Å². The number of hydrogen-bond acceptors (Lipinski definition) is 12. The van der Waals surface area contributed by atoms with Crippen molar-refractivity contribution in [3.63, 3.8) is 0 Å². The molecule has 0 bridgehead atoms. The lowest BCUT2D eigenvalue weighted by Crippen LogP contribution is -2.48. The lowest BCUT2D eigenvalue weighted by Gasteiger charge is -2.34. The van der Waals surface area contributed by atoms with Gasteiger partial charge in [0.2, 0.25) is 11.7 Å². The Morgan fingerprint density at radius 3 is 2.59 bits per heavy atom. The number of carbonyl (C=O) groups is 1. The van der Waals surface area contributed by atoms with E-state index in [0.717, 1.165) is 68.3 Å². The molecule has 0 spiro atoms. The van der Waals surface area contributed by atoms with Crippen LogP contribution in [0.4, 0.5) is 17.5 Å². The molecule has 2 fully saturated rings. The highest BCUT2D eigenvalue weighted by Crippen LogP contribution is 2.31. The zero-order valence-corrected chi connectivity index (χ0v) is 25.2. The summed E-state index contributed by atoms with van der Waals surface area (Å²) in [5.41, 5.74) is 13.8. The van der Waals surface area contributed by atoms with Crippen molar-refractivity contribution in [2.45, 2.75) is 13.0 Å². The van der Waals surface area contributed by atoms with Gasteiger partial charge in [0.1, 0.15) is 29.0 Å². The molecule has 1 amide bonds. The van der Waals surface area contributed by atoms with Gasteiger partial charge < -0.3 is 21.4 Å². The number of piperazine rings is 1. The molecule has 46 heavy (non-hydrogen) atoms. The van der Waals surface area contributed by atoms with Gasteiger partial charge in [0.15, 0.2) is 11.5 Å². The molecule has 5 aromatic rings. The van der Waals surface area contributed by atoms with Gasteiger partial charge in [-0.1, -0.05) is 12.1 Å². The van der Waals surface area contributed by atoms with E-state index in [1.165, 1.54) is 5.56 Å². The van der Waals surface area contributed by atoms with Crippen molar-refractivity contribution in [3.05, 3.63) is 78.4 Å². The van der Waals surface area contributed by atoms with E-state index in [1.807, 2.05) is 39.8 Å². The number of aromatic nitrogens is 6. The molecule has 0 unspecified atom stereocenters. The van der Waals surface area contributed by atoms with Crippen LogP contribution in [0, 0.1) is 11.3 Å². The number of nitrogen functional groups attached to an aromatic ring is 1. The first-order chi connectivity index (χ1) is 22.5. The molecule has 4 aromatic heterocycles. The van der Waals surface area contributed by atoms with Crippen LogP contribution >= 0.6 is 0 Å². The molecule has 14 heteroatoms. The number of carbonyl (C=O) groups excluding carboxylic acids is 1. The fourth-order valence-electron chi connectivity index (χ4n) is 5.82. The van der Waals surface area contributed by atoms with Crippen LogP contribution in [-0.2, 0) is 11.3 Å². The number of nitriles is 1. The van der Waals surface area contributed by atoms with E-state index in [-0.39, 0.29) is 18.3 Å². The predicted molar refractivity (Wildman–Crippen MR) is 174 cm³/mol. The molecule has 4 N–H and O–H groups in total. The summed E-state index contributed by atoms with van der Waals surface area (Å²) in [6.45, 7) is 5.85. The smallest absolute Gasteiger partial charge is 0.239 e. The van der Waals surface area contributed by atoms with Gasteiger partial charge in [-0.15, -0.1) is 0 Å². The summed E-state index contributed by atoms with van der Waals surface area (Å²) >= 11 is 0. The Morgan fingerprint density at radius 1 is 0.935 bits per heavy atom. The third kappa shape index (κ3) is 6.14. The summed E-state index contributed by atoms with van der Waals surface area (Å²) in [6.07, 6.45) is 4.10. The van der Waals surface area contributed by atoms with E-state index in [0.29, 0.717) is 29.7 Å². The van der Waals surface area contributed by atoms with Crippen molar-refractivity contribution < 1.29 is 4.79 Å². The van der Waals surface area contributed by atoms with E-state index < -0.39 is 0 Å². The topological polar surface area (TPSA) is 170 Å². The molecule has 0 atom stereocenters. The third-order valence-corrected chi connectivity index (χ3v) is 8.16. The van der Waals surface area contributed by atoms with Crippen molar-refractivity contribution in [1.29, 1.82) is 5.26 Å². The summed E-state index contributed by atoms with van der Waals surface area (Å²) in [6, 6.07) is 19.8. The number of nitrogens with two attached hydrogens (primary N) is 1. The van der Waals surface area contributed by atoms with Crippen LogP contribution in [0.2, 0.25) is 0 Å². The van der Waals surface area contributed by atoms with Crippen LogP contribution in [0.5, 0.6) is 0 Å². The Balaban J connectivity index is 1.12. The van der Waals surface area contributed by atoms with E-state index in [2.05, 4.69) is 59.9 Å². The molecule has 6 heterocycles. The van der Waals surface area contributed by atoms with Crippen LogP contribution in [-0.4, -0.2) is 91.1 Å². The maximum atomic E-state index is 12.3. The largest absolute Gasteiger partial charge is 0.383 e. The number of pyridine rings is 2. The number of anilines is 3. The lowest BCUT2D eigenvalue weighted by atomic mass is 10.1. The van der Waals surface area contributed by atoms with Crippen LogP contribution in [0.15, 0.2) is 67.0 Å². The highest BCUT2D eigenvalue weighted by atomic mass is 16.2. The van der Waals surface area contributed by atoms with Gasteiger partial charge in [0.05, 0.1) is 12.1 Å². The average Bonchev–Trinajstić information content (AvgIpc) is 3.32. The maximum Gasteiger partial charge on any atom is 0.239 e. The summed E-state index contributed by atoms with van der Waals surface area (Å²) in [4.78, 5) is 39.1. The highest BCUT2D eigenvalue weighted by Gasteiger charge is 2.22. The Hall–Kier alpha value is -5.65. The first-order valence-corrected chi connectivity index (χ1v) is 15.2. The fraction of sp³-hybridized carbons (Fsp3) is 0.281. The van der Waals surface area contributed by atoms with Crippen LogP contribution in [0.3, 0.4) is 0 Å². The van der Waals surface area contributed by atoms with Crippen molar-refractivity contribution in [3.8, 4) is 23.1 Å². The molecule has 0 aliphatic carbocycles. The van der Waals surface area contributed by atoms with Crippen molar-refractivity contribution in [2.24, 2.45) is 0 Å². The van der Waals surface area contributed by atoms with Gasteiger partial charge >= 0.3 is 0 Å². The molecule has 14 nitrogen and oxygen atoms in total. The molecule has 0 saturated carbocycles. The molecular weight excluding hydrogens is 582 g/mol. The second-order valence-electron chi connectivity index (χ2n) is 11.3. The molecule has 232 valence electrons. The number of nitrogens with one attached hydrogen (secondary N) is 2. The molecule has 7 rings (SSSR count). The quantitative estimate of drug-likeness (QED) is 0.244. The Morgan fingerprint density at radius 2 is 1.78 bits per heavy atom. The molecule has 2 aliphatic rings. The van der Waals surface area contributed by atoms with Gasteiger partial charge in [-0.25, -0.2) is 29.9 Å². The summed E-state index contributed by atoms with van der Waals surface area (Å²) in [5.74, 6) is 2.53. The monoisotopic (exact) mass is 615 g/mol. The molecule has 2 saturated heterocycles. The SMILES string of the molecule is N#Cc1nccc(NN2CCN(Cc3ccc(-n4c(-c5cccnc5N)nc5ccc(N6CCCNC(=O)C6)nc54)cc3)CC2)n1. The van der Waals surface area contributed by atoms with Gasteiger partial charge in [-0.2, -0.15) is 5.26 Å². The number of imidazole rings is 1. The van der Waals surface area contributed by atoms with Gasteiger partial charge in [0.25, 0.3) is 0 Å². The van der Waals surface area contributed by atoms with Crippen LogP contribution in [0.25, 0.3) is 28.2 Å². The predicted octanol–water partition coefficient (Wildman–Crippen LogP) is 2.20. The zero-order chi connectivity index (χ0) is 31.5. The minimum atomic E-state index is -0.00932. The van der Waals surface area contributed by atoms with Gasteiger partial charge in [-0.3, -0.25) is 14.3 Å². The van der Waals surface area contributed by atoms with Crippen LogP contribution in [0.1, 0.15) is 17.8 Å². The number of benzene rings is 1. The van der Waals surface area contributed by atoms with Crippen molar-refractivity contribution in [1.82, 2.24) is 44.7 Å². The number of hydrogen-bond donors (Lipinski definition) is 3. The van der Waals surface area contributed by atoms with Crippen molar-refractivity contribution >= 4 is 34.5 Å². The molecule has 0 radical (unpaired) electrons. The number of hydrazine groups is 1. The molecule has 2 aliphatic heterocycles. The summed E-state index contributed by atoms with van der Waals surface area (Å²) in [5, 5.41) is 14.1. The van der Waals surface area contributed by atoms with E-state index in [1.54, 1.807) is 18.5 Å². The summed E-state index contributed by atoms with van der Waals surface area (Å²) < 4.78 is 2.02. The maximum absolute atomic E-state index is 12.3. The Kier molecular flexibility index (Phi) is 8.07. The number of nitrogens with zero attached hydrogens (tertiary/aromatic N) is 10. The van der Waals surface area contributed by atoms with E-state index in [9.17, 15) is 4.79 Å². The summed E-state index contributed by atoms with van der Waals surface area (Å²) in [7, 11) is 0. The third-order valence-electron chi connectivity index (χ3n) is 8.16. The second kappa shape index (κ2) is 12.8.